The van der Waals surface area contributed by atoms with Gasteiger partial charge in [0.1, 0.15) is 5.75 Å². The second-order valence-electron chi connectivity index (χ2n) is 6.71. The average Bonchev–Trinajstić information content (AvgIpc) is 3.12. The lowest BCUT2D eigenvalue weighted by Gasteiger charge is -2.25. The standard InChI is InChI=1S/C22H17N3O5/c26-21-19(15-7-3-1-4-8-15)20(16-9-5-2-6-10-16)24(23-21)22(27)30-18-13-11-17(12-14-18)25(28)29/h1-14,19-20H,(H,23,26). The van der Waals surface area contributed by atoms with Gasteiger partial charge in [-0.05, 0) is 23.3 Å². The molecule has 1 aliphatic heterocycles. The van der Waals surface area contributed by atoms with Crippen LogP contribution in [-0.2, 0) is 4.79 Å². The average molecular weight is 403 g/mol. The minimum Gasteiger partial charge on any atom is -0.409 e. The molecule has 4 rings (SSSR count). The summed E-state index contributed by atoms with van der Waals surface area (Å²) in [6, 6.07) is 22.9. The first kappa shape index (κ1) is 19.1. The zero-order valence-electron chi connectivity index (χ0n) is 15.7. The van der Waals surface area contributed by atoms with E-state index in [2.05, 4.69) is 5.43 Å². The summed E-state index contributed by atoms with van der Waals surface area (Å²) >= 11 is 0. The number of nitrogens with one attached hydrogen (secondary N) is 1. The molecule has 1 fully saturated rings. The number of rotatable bonds is 4. The number of hydrogen-bond acceptors (Lipinski definition) is 5. The van der Waals surface area contributed by atoms with Crippen molar-refractivity contribution in [1.82, 2.24) is 10.4 Å². The van der Waals surface area contributed by atoms with E-state index in [0.29, 0.717) is 0 Å². The van der Waals surface area contributed by atoms with Gasteiger partial charge in [-0.3, -0.25) is 20.3 Å². The minimum absolute atomic E-state index is 0.115. The second-order valence-corrected chi connectivity index (χ2v) is 6.71. The molecule has 1 saturated heterocycles. The predicted molar refractivity (Wildman–Crippen MR) is 107 cm³/mol. The highest BCUT2D eigenvalue weighted by molar-refractivity contribution is 5.90. The minimum atomic E-state index is -0.788. The third-order valence-electron chi connectivity index (χ3n) is 4.86. The Kier molecular flexibility index (Phi) is 5.13. The molecular weight excluding hydrogens is 386 g/mol. The molecule has 150 valence electrons. The zero-order chi connectivity index (χ0) is 21.1. The first-order chi connectivity index (χ1) is 14.5. The Labute approximate surface area is 171 Å². The van der Waals surface area contributed by atoms with Crippen LogP contribution >= 0.6 is 0 Å². The topological polar surface area (TPSA) is 102 Å². The maximum atomic E-state index is 12.9. The van der Waals surface area contributed by atoms with Gasteiger partial charge in [0.25, 0.3) is 5.69 Å². The van der Waals surface area contributed by atoms with Crippen molar-refractivity contribution in [2.75, 3.05) is 0 Å². The molecule has 3 aromatic rings. The zero-order valence-corrected chi connectivity index (χ0v) is 15.7. The SMILES string of the molecule is O=C1NN(C(=O)Oc2ccc([N+](=O)[O-])cc2)C(c2ccccc2)C1c1ccccc1. The van der Waals surface area contributed by atoms with Crippen molar-refractivity contribution < 1.29 is 19.2 Å². The normalized spacial score (nSPS) is 18.0. The Morgan fingerprint density at radius 2 is 1.47 bits per heavy atom. The highest BCUT2D eigenvalue weighted by Gasteiger charge is 2.46. The van der Waals surface area contributed by atoms with E-state index in [0.717, 1.165) is 16.1 Å². The molecule has 8 heteroatoms. The first-order valence-corrected chi connectivity index (χ1v) is 9.20. The molecule has 1 aliphatic rings. The number of ether oxygens (including phenoxy) is 1. The largest absolute Gasteiger partial charge is 0.434 e. The molecule has 2 amide bonds. The van der Waals surface area contributed by atoms with Crippen LogP contribution in [-0.4, -0.2) is 21.9 Å². The van der Waals surface area contributed by atoms with Gasteiger partial charge >= 0.3 is 6.09 Å². The van der Waals surface area contributed by atoms with E-state index in [9.17, 15) is 19.7 Å². The summed E-state index contributed by atoms with van der Waals surface area (Å²) in [6.07, 6.45) is -0.788. The highest BCUT2D eigenvalue weighted by atomic mass is 16.6. The quantitative estimate of drug-likeness (QED) is 0.525. The van der Waals surface area contributed by atoms with Crippen molar-refractivity contribution in [3.63, 3.8) is 0 Å². The van der Waals surface area contributed by atoms with Crippen LogP contribution in [0.15, 0.2) is 84.9 Å². The van der Waals surface area contributed by atoms with Crippen LogP contribution in [0.3, 0.4) is 0 Å². The summed E-state index contributed by atoms with van der Waals surface area (Å²) in [5.74, 6) is -0.802. The summed E-state index contributed by atoms with van der Waals surface area (Å²) in [6.45, 7) is 0. The van der Waals surface area contributed by atoms with Crippen LogP contribution in [0.4, 0.5) is 10.5 Å². The molecule has 2 atom stereocenters. The Balaban J connectivity index is 1.64. The van der Waals surface area contributed by atoms with E-state index in [1.54, 1.807) is 0 Å². The molecule has 0 aliphatic carbocycles. The number of amides is 2. The third kappa shape index (κ3) is 3.70. The highest BCUT2D eigenvalue weighted by Crippen LogP contribution is 2.40. The van der Waals surface area contributed by atoms with Crippen molar-refractivity contribution in [1.29, 1.82) is 0 Å². The lowest BCUT2D eigenvalue weighted by atomic mass is 9.88. The number of hydrazine groups is 1. The lowest BCUT2D eigenvalue weighted by molar-refractivity contribution is -0.384. The number of nitrogens with zero attached hydrogens (tertiary/aromatic N) is 2. The fourth-order valence-corrected chi connectivity index (χ4v) is 3.48. The van der Waals surface area contributed by atoms with Gasteiger partial charge in [0.2, 0.25) is 5.91 Å². The van der Waals surface area contributed by atoms with Crippen molar-refractivity contribution in [2.45, 2.75) is 12.0 Å². The monoisotopic (exact) mass is 403 g/mol. The Hall–Kier alpha value is -4.20. The second kappa shape index (κ2) is 8.04. The Bertz CT molecular complexity index is 1070. The molecule has 3 aromatic carbocycles. The first-order valence-electron chi connectivity index (χ1n) is 9.20. The number of carbonyl (C=O) groups is 2. The summed E-state index contributed by atoms with van der Waals surface area (Å²) < 4.78 is 5.37. The fourth-order valence-electron chi connectivity index (χ4n) is 3.48. The molecule has 30 heavy (non-hydrogen) atoms. The van der Waals surface area contributed by atoms with Crippen molar-refractivity contribution >= 4 is 17.7 Å². The van der Waals surface area contributed by atoms with E-state index in [1.165, 1.54) is 24.3 Å². The van der Waals surface area contributed by atoms with E-state index in [4.69, 9.17) is 4.74 Å². The molecule has 1 heterocycles. The number of nitro groups is 1. The van der Waals surface area contributed by atoms with E-state index < -0.39 is 23.0 Å². The molecule has 0 bridgehead atoms. The third-order valence-corrected chi connectivity index (χ3v) is 4.86. The van der Waals surface area contributed by atoms with Crippen molar-refractivity contribution in [2.24, 2.45) is 0 Å². The molecule has 1 N–H and O–H groups in total. The number of carbonyl (C=O) groups excluding carboxylic acids is 2. The van der Waals surface area contributed by atoms with Gasteiger partial charge in [-0.15, -0.1) is 0 Å². The van der Waals surface area contributed by atoms with Gasteiger partial charge in [-0.1, -0.05) is 60.7 Å². The van der Waals surface area contributed by atoms with Crippen LogP contribution in [0.25, 0.3) is 0 Å². The summed E-state index contributed by atoms with van der Waals surface area (Å²) in [4.78, 5) is 36.0. The fraction of sp³-hybridized carbons (Fsp3) is 0.0909. The summed E-state index contributed by atoms with van der Waals surface area (Å²) in [7, 11) is 0. The number of benzene rings is 3. The van der Waals surface area contributed by atoms with Crippen LogP contribution < -0.4 is 10.2 Å². The molecule has 0 saturated carbocycles. The van der Waals surface area contributed by atoms with Gasteiger partial charge in [-0.25, -0.2) is 9.80 Å². The number of hydrogen-bond donors (Lipinski definition) is 1. The van der Waals surface area contributed by atoms with Gasteiger partial charge in [0.15, 0.2) is 0 Å². The van der Waals surface area contributed by atoms with E-state index >= 15 is 0 Å². The van der Waals surface area contributed by atoms with Crippen molar-refractivity contribution in [3.05, 3.63) is 106 Å². The predicted octanol–water partition coefficient (Wildman–Crippen LogP) is 3.97. The number of non-ortho nitro benzene ring substituents is 1. The molecule has 8 nitrogen and oxygen atoms in total. The molecule has 0 spiro atoms. The van der Waals surface area contributed by atoms with Crippen LogP contribution in [0.1, 0.15) is 23.1 Å². The Morgan fingerprint density at radius 3 is 2.03 bits per heavy atom. The molecule has 0 aromatic heterocycles. The summed E-state index contributed by atoms with van der Waals surface area (Å²) in [5.41, 5.74) is 4.04. The molecule has 2 unspecified atom stereocenters. The molecular formula is C22H17N3O5. The molecule has 0 radical (unpaired) electrons. The van der Waals surface area contributed by atoms with Gasteiger partial charge in [-0.2, -0.15) is 0 Å². The van der Waals surface area contributed by atoms with E-state index in [1.807, 2.05) is 60.7 Å². The van der Waals surface area contributed by atoms with Crippen molar-refractivity contribution in [3.8, 4) is 5.75 Å². The van der Waals surface area contributed by atoms with E-state index in [-0.39, 0.29) is 17.3 Å². The Morgan fingerprint density at radius 1 is 0.900 bits per heavy atom. The smallest absolute Gasteiger partial charge is 0.409 e. The van der Waals surface area contributed by atoms with Gasteiger partial charge in [0, 0.05) is 12.1 Å². The van der Waals surface area contributed by atoms with Gasteiger partial charge in [0.05, 0.1) is 16.9 Å². The maximum absolute atomic E-state index is 12.9. The van der Waals surface area contributed by atoms with Crippen LogP contribution in [0.5, 0.6) is 5.75 Å². The maximum Gasteiger partial charge on any atom is 0.434 e. The van der Waals surface area contributed by atoms with Gasteiger partial charge < -0.3 is 4.74 Å². The van der Waals surface area contributed by atoms with Crippen LogP contribution in [0.2, 0.25) is 0 Å². The lowest BCUT2D eigenvalue weighted by Crippen LogP contribution is -2.41. The summed E-state index contributed by atoms with van der Waals surface area (Å²) in [5, 5.41) is 12.0. The number of nitro benzene ring substituents is 1. The van der Waals surface area contributed by atoms with Crippen LogP contribution in [0, 0.1) is 10.1 Å².